The third kappa shape index (κ3) is 13.5. The fourth-order valence-corrected chi connectivity index (χ4v) is 3.17. The molecule has 41 heavy (non-hydrogen) atoms. The van der Waals surface area contributed by atoms with Gasteiger partial charge in [-0.25, -0.2) is 9.59 Å². The SMILES string of the molecule is C=C(C)C(=O)OCC(O)COc1ccc(C(C)(C)c2ccc(OCC(O)COC(=O)C(=C)C)cc2)cc1.CC.CC.[HH]. The molecule has 0 saturated carbocycles. The molecule has 0 aliphatic heterocycles. The Kier molecular flexibility index (Phi) is 17.7. The molecular weight excluding hydrogens is 524 g/mol. The molecule has 0 radical (unpaired) electrons. The number of rotatable bonds is 14. The van der Waals surface area contributed by atoms with Crippen molar-refractivity contribution in [3.63, 3.8) is 0 Å². The number of aliphatic hydroxyl groups excluding tert-OH is 2. The number of carbonyl (C=O) groups excluding carboxylic acids is 2. The smallest absolute Gasteiger partial charge is 0.333 e. The summed E-state index contributed by atoms with van der Waals surface area (Å²) in [6.07, 6.45) is -1.90. The Balaban J connectivity index is 0. The highest BCUT2D eigenvalue weighted by Crippen LogP contribution is 2.33. The van der Waals surface area contributed by atoms with Gasteiger partial charge in [-0.15, -0.1) is 0 Å². The molecule has 0 spiro atoms. The third-order valence-electron chi connectivity index (χ3n) is 5.55. The molecule has 2 aromatic rings. The Morgan fingerprint density at radius 2 is 0.976 bits per heavy atom. The first-order valence-electron chi connectivity index (χ1n) is 13.9. The molecule has 0 bridgehead atoms. The van der Waals surface area contributed by atoms with Crippen LogP contribution in [0.15, 0.2) is 72.8 Å². The van der Waals surface area contributed by atoms with Gasteiger partial charge in [-0.05, 0) is 49.2 Å². The van der Waals surface area contributed by atoms with Gasteiger partial charge in [-0.1, -0.05) is 79.0 Å². The summed E-state index contributed by atoms with van der Waals surface area (Å²) >= 11 is 0. The first-order valence-corrected chi connectivity index (χ1v) is 13.9. The summed E-state index contributed by atoms with van der Waals surface area (Å²) in [6, 6.07) is 15.1. The maximum absolute atomic E-state index is 11.4. The van der Waals surface area contributed by atoms with Crippen molar-refractivity contribution < 1.29 is 40.2 Å². The Labute approximate surface area is 247 Å². The first-order chi connectivity index (χ1) is 19.4. The zero-order valence-electron chi connectivity index (χ0n) is 25.9. The molecule has 2 N–H and O–H groups in total. The second kappa shape index (κ2) is 19.5. The minimum atomic E-state index is -0.951. The lowest BCUT2D eigenvalue weighted by Crippen LogP contribution is -2.25. The van der Waals surface area contributed by atoms with E-state index >= 15 is 0 Å². The fraction of sp³-hybridized carbons (Fsp3) is 0.455. The van der Waals surface area contributed by atoms with Crippen LogP contribution in [-0.4, -0.2) is 60.8 Å². The van der Waals surface area contributed by atoms with Crippen LogP contribution in [0.25, 0.3) is 0 Å². The summed E-state index contributed by atoms with van der Waals surface area (Å²) in [5.74, 6) is 0.0657. The number of hydrogen-bond acceptors (Lipinski definition) is 8. The van der Waals surface area contributed by atoms with Crippen molar-refractivity contribution in [2.45, 2.75) is 73.0 Å². The van der Waals surface area contributed by atoms with E-state index in [1.165, 1.54) is 13.8 Å². The third-order valence-corrected chi connectivity index (χ3v) is 5.55. The summed E-state index contributed by atoms with van der Waals surface area (Å²) in [5.41, 5.74) is 2.33. The van der Waals surface area contributed by atoms with Crippen LogP contribution >= 0.6 is 0 Å². The lowest BCUT2D eigenvalue weighted by Gasteiger charge is -2.26. The number of aliphatic hydroxyl groups is 2. The minimum Gasteiger partial charge on any atom is -0.491 e. The van der Waals surface area contributed by atoms with Crippen LogP contribution in [0.5, 0.6) is 11.5 Å². The molecule has 0 amide bonds. The van der Waals surface area contributed by atoms with Crippen molar-refractivity contribution in [1.29, 1.82) is 0 Å². The lowest BCUT2D eigenvalue weighted by atomic mass is 9.78. The Morgan fingerprint density at radius 3 is 1.24 bits per heavy atom. The van der Waals surface area contributed by atoms with E-state index in [4.69, 9.17) is 18.9 Å². The number of hydrogen-bond donors (Lipinski definition) is 2. The molecule has 2 atom stereocenters. The predicted octanol–water partition coefficient (Wildman–Crippen LogP) is 6.03. The fourth-order valence-electron chi connectivity index (χ4n) is 3.17. The van der Waals surface area contributed by atoms with Gasteiger partial charge in [0.15, 0.2) is 0 Å². The molecule has 8 nitrogen and oxygen atoms in total. The van der Waals surface area contributed by atoms with Gasteiger partial charge >= 0.3 is 11.9 Å². The van der Waals surface area contributed by atoms with Crippen LogP contribution in [0.1, 0.15) is 67.9 Å². The standard InChI is InChI=1S/C29H36O8.2C2H6.H2/c1-19(2)27(32)36-17-23(30)15-34-25-11-7-21(8-12-25)29(5,6)22-9-13-26(14-10-22)35-16-24(31)18-37-28(33)20(3)4;2*1-2;/h7-14,23-24,30-31H,1,3,15-18H2,2,4-6H3;2*1-2H3;1H. The highest BCUT2D eigenvalue weighted by atomic mass is 16.6. The van der Waals surface area contributed by atoms with Crippen LogP contribution in [0.3, 0.4) is 0 Å². The van der Waals surface area contributed by atoms with Gasteiger partial charge in [0.1, 0.15) is 50.1 Å². The minimum absolute atomic E-state index is 0. The van der Waals surface area contributed by atoms with E-state index in [2.05, 4.69) is 27.0 Å². The summed E-state index contributed by atoms with van der Waals surface area (Å²) in [7, 11) is 0. The molecular formula is C33H50O8. The highest BCUT2D eigenvalue weighted by Gasteiger charge is 2.23. The molecule has 0 aliphatic carbocycles. The average Bonchev–Trinajstić information content (AvgIpc) is 2.98. The molecule has 0 heterocycles. The lowest BCUT2D eigenvalue weighted by molar-refractivity contribution is -0.143. The van der Waals surface area contributed by atoms with Gasteiger partial charge in [0.2, 0.25) is 0 Å². The van der Waals surface area contributed by atoms with Crippen molar-refractivity contribution >= 4 is 11.9 Å². The summed E-state index contributed by atoms with van der Waals surface area (Å²) in [4.78, 5) is 22.8. The number of benzene rings is 2. The quantitative estimate of drug-likeness (QED) is 0.208. The van der Waals surface area contributed by atoms with Crippen LogP contribution in [0.2, 0.25) is 0 Å². The van der Waals surface area contributed by atoms with E-state index in [1.54, 1.807) is 0 Å². The number of esters is 2. The van der Waals surface area contributed by atoms with Crippen LogP contribution in [-0.2, 0) is 24.5 Å². The summed E-state index contributed by atoms with van der Waals surface area (Å²) < 4.78 is 21.0. The Hall–Kier alpha value is -3.62. The molecule has 2 unspecified atom stereocenters. The van der Waals surface area contributed by atoms with E-state index in [9.17, 15) is 19.8 Å². The zero-order valence-corrected chi connectivity index (χ0v) is 25.9. The van der Waals surface area contributed by atoms with Gasteiger partial charge < -0.3 is 29.2 Å². The maximum Gasteiger partial charge on any atom is 0.333 e. The van der Waals surface area contributed by atoms with Gasteiger partial charge in [-0.2, -0.15) is 0 Å². The van der Waals surface area contributed by atoms with Gasteiger partial charge in [0.25, 0.3) is 0 Å². The van der Waals surface area contributed by atoms with E-state index < -0.39 is 24.1 Å². The summed E-state index contributed by atoms with van der Waals surface area (Å²) in [5, 5.41) is 19.9. The molecule has 2 aromatic carbocycles. The van der Waals surface area contributed by atoms with Crippen LogP contribution < -0.4 is 9.47 Å². The average molecular weight is 575 g/mol. The largest absolute Gasteiger partial charge is 0.491 e. The highest BCUT2D eigenvalue weighted by molar-refractivity contribution is 5.87. The van der Waals surface area contributed by atoms with Crippen molar-refractivity contribution in [3.05, 3.63) is 84.0 Å². The van der Waals surface area contributed by atoms with E-state index in [0.29, 0.717) is 11.5 Å². The van der Waals surface area contributed by atoms with E-state index in [-0.39, 0.29) is 44.4 Å². The van der Waals surface area contributed by atoms with Gasteiger partial charge in [0, 0.05) is 18.0 Å². The topological polar surface area (TPSA) is 112 Å². The zero-order chi connectivity index (χ0) is 31.6. The van der Waals surface area contributed by atoms with E-state index in [1.807, 2.05) is 76.2 Å². The van der Waals surface area contributed by atoms with Crippen molar-refractivity contribution in [3.8, 4) is 11.5 Å². The Bertz CT molecular complexity index is 993. The van der Waals surface area contributed by atoms with Crippen molar-refractivity contribution in [2.75, 3.05) is 26.4 Å². The maximum atomic E-state index is 11.4. The normalized spacial score (nSPS) is 11.8. The molecule has 0 fully saturated rings. The Morgan fingerprint density at radius 1 is 0.683 bits per heavy atom. The van der Waals surface area contributed by atoms with Gasteiger partial charge in [-0.3, -0.25) is 0 Å². The van der Waals surface area contributed by atoms with E-state index in [0.717, 1.165) is 11.1 Å². The second-order valence-electron chi connectivity index (χ2n) is 9.36. The first kappa shape index (κ1) is 37.4. The van der Waals surface area contributed by atoms with Crippen molar-refractivity contribution in [1.82, 2.24) is 0 Å². The number of carbonyl (C=O) groups is 2. The molecule has 2 rings (SSSR count). The van der Waals surface area contributed by atoms with Crippen molar-refractivity contribution in [2.24, 2.45) is 0 Å². The number of ether oxygens (including phenoxy) is 4. The molecule has 230 valence electrons. The van der Waals surface area contributed by atoms with Gasteiger partial charge in [0.05, 0.1) is 0 Å². The predicted molar refractivity (Wildman–Crippen MR) is 164 cm³/mol. The molecule has 0 aliphatic rings. The van der Waals surface area contributed by atoms with Crippen LogP contribution in [0.4, 0.5) is 0 Å². The van der Waals surface area contributed by atoms with Crippen LogP contribution in [0, 0.1) is 0 Å². The molecule has 0 aromatic heterocycles. The molecule has 8 heteroatoms. The monoisotopic (exact) mass is 574 g/mol. The second-order valence-corrected chi connectivity index (χ2v) is 9.36. The molecule has 0 saturated heterocycles. The summed E-state index contributed by atoms with van der Waals surface area (Å²) in [6.45, 7) is 21.9.